The zero-order chi connectivity index (χ0) is 17.1. The molecular formula is C18H23N3O2S. The molecule has 2 heterocycles. The highest BCUT2D eigenvalue weighted by Gasteiger charge is 2.28. The van der Waals surface area contributed by atoms with Crippen LogP contribution in [0.2, 0.25) is 0 Å². The van der Waals surface area contributed by atoms with Crippen molar-refractivity contribution in [2.75, 3.05) is 26.0 Å². The lowest BCUT2D eigenvalue weighted by molar-refractivity contribution is -0.127. The Bertz CT molecular complexity index is 729. The number of thioether (sulfide) groups is 1. The molecule has 1 saturated heterocycles. The van der Waals surface area contributed by atoms with Gasteiger partial charge in [-0.15, -0.1) is 11.8 Å². The molecule has 24 heavy (non-hydrogen) atoms. The number of rotatable bonds is 5. The standard InChI is InChI=1S/C18H23N3O2S/c1-13-9-14(2)21(19-13)15-7-8-20(11-15)18(22)12-24-17-6-4-5-16(10-17)23-3/h4-6,9-10,15H,7-8,11-12H2,1-3H3. The maximum Gasteiger partial charge on any atom is 0.233 e. The fourth-order valence-electron chi connectivity index (χ4n) is 3.11. The van der Waals surface area contributed by atoms with Gasteiger partial charge in [0.2, 0.25) is 5.91 Å². The number of carbonyl (C=O) groups is 1. The van der Waals surface area contributed by atoms with Gasteiger partial charge < -0.3 is 9.64 Å². The number of ether oxygens (including phenoxy) is 1. The summed E-state index contributed by atoms with van der Waals surface area (Å²) < 4.78 is 7.29. The van der Waals surface area contributed by atoms with E-state index < -0.39 is 0 Å². The van der Waals surface area contributed by atoms with E-state index in [9.17, 15) is 4.79 Å². The van der Waals surface area contributed by atoms with E-state index in [4.69, 9.17) is 4.74 Å². The monoisotopic (exact) mass is 345 g/mol. The summed E-state index contributed by atoms with van der Waals surface area (Å²) in [5.74, 6) is 1.46. The topological polar surface area (TPSA) is 47.4 Å². The van der Waals surface area contributed by atoms with Crippen LogP contribution in [-0.2, 0) is 4.79 Å². The summed E-state index contributed by atoms with van der Waals surface area (Å²) in [4.78, 5) is 15.5. The minimum Gasteiger partial charge on any atom is -0.497 e. The average Bonchev–Trinajstić information content (AvgIpc) is 3.19. The van der Waals surface area contributed by atoms with Crippen molar-refractivity contribution >= 4 is 17.7 Å². The van der Waals surface area contributed by atoms with Crippen molar-refractivity contribution in [3.8, 4) is 5.75 Å². The Hall–Kier alpha value is -1.95. The van der Waals surface area contributed by atoms with Crippen LogP contribution in [0.1, 0.15) is 23.9 Å². The average molecular weight is 345 g/mol. The van der Waals surface area contributed by atoms with Crippen LogP contribution in [0.25, 0.3) is 0 Å². The van der Waals surface area contributed by atoms with Crippen LogP contribution in [0.3, 0.4) is 0 Å². The van der Waals surface area contributed by atoms with Gasteiger partial charge >= 0.3 is 0 Å². The molecule has 2 aromatic rings. The van der Waals surface area contributed by atoms with E-state index in [1.165, 1.54) is 0 Å². The lowest BCUT2D eigenvalue weighted by Gasteiger charge is -2.17. The number of benzene rings is 1. The molecule has 1 atom stereocenters. The Morgan fingerprint density at radius 2 is 2.21 bits per heavy atom. The molecule has 1 aromatic carbocycles. The molecule has 6 heteroatoms. The number of amides is 1. The highest BCUT2D eigenvalue weighted by molar-refractivity contribution is 8.00. The summed E-state index contributed by atoms with van der Waals surface area (Å²) in [7, 11) is 1.65. The normalized spacial score (nSPS) is 17.3. The van der Waals surface area contributed by atoms with E-state index in [1.54, 1.807) is 18.9 Å². The Morgan fingerprint density at radius 1 is 1.38 bits per heavy atom. The smallest absolute Gasteiger partial charge is 0.233 e. The third kappa shape index (κ3) is 3.75. The van der Waals surface area contributed by atoms with Crippen molar-refractivity contribution in [2.45, 2.75) is 31.2 Å². The second kappa shape index (κ2) is 7.30. The lowest BCUT2D eigenvalue weighted by atomic mass is 10.2. The Balaban J connectivity index is 1.55. The SMILES string of the molecule is COc1cccc(SCC(=O)N2CCC(n3nc(C)cc3C)C2)c1. The van der Waals surface area contributed by atoms with Crippen molar-refractivity contribution in [1.82, 2.24) is 14.7 Å². The largest absolute Gasteiger partial charge is 0.497 e. The molecule has 1 aromatic heterocycles. The van der Waals surface area contributed by atoms with Gasteiger partial charge in [-0.05, 0) is 44.5 Å². The van der Waals surface area contributed by atoms with Gasteiger partial charge in [-0.1, -0.05) is 6.07 Å². The predicted molar refractivity (Wildman–Crippen MR) is 95.7 cm³/mol. The number of likely N-dealkylation sites (tertiary alicyclic amines) is 1. The first-order valence-electron chi connectivity index (χ1n) is 8.14. The molecule has 1 aliphatic rings. The summed E-state index contributed by atoms with van der Waals surface area (Å²) in [6.07, 6.45) is 0.970. The van der Waals surface area contributed by atoms with Gasteiger partial charge in [0.1, 0.15) is 5.75 Å². The second-order valence-electron chi connectivity index (χ2n) is 6.12. The summed E-state index contributed by atoms with van der Waals surface area (Å²) in [5.41, 5.74) is 2.20. The van der Waals surface area contributed by atoms with Gasteiger partial charge in [0.25, 0.3) is 0 Å². The van der Waals surface area contributed by atoms with Crippen molar-refractivity contribution in [2.24, 2.45) is 0 Å². The number of aromatic nitrogens is 2. The van der Waals surface area contributed by atoms with Crippen LogP contribution < -0.4 is 4.74 Å². The lowest BCUT2D eigenvalue weighted by Crippen LogP contribution is -2.30. The fraction of sp³-hybridized carbons (Fsp3) is 0.444. The van der Waals surface area contributed by atoms with Crippen LogP contribution in [0, 0.1) is 13.8 Å². The molecule has 1 amide bonds. The second-order valence-corrected chi connectivity index (χ2v) is 7.17. The number of methoxy groups -OCH3 is 1. The molecule has 0 spiro atoms. The molecular weight excluding hydrogens is 322 g/mol. The molecule has 0 saturated carbocycles. The summed E-state index contributed by atoms with van der Waals surface area (Å²) in [5, 5.41) is 4.56. The van der Waals surface area contributed by atoms with Crippen molar-refractivity contribution in [3.63, 3.8) is 0 Å². The number of hydrogen-bond acceptors (Lipinski definition) is 4. The van der Waals surface area contributed by atoms with Crippen LogP contribution in [-0.4, -0.2) is 46.5 Å². The summed E-state index contributed by atoms with van der Waals surface area (Å²) in [6, 6.07) is 10.2. The molecule has 1 unspecified atom stereocenters. The van der Waals surface area contributed by atoms with E-state index in [0.717, 1.165) is 41.5 Å². The maximum absolute atomic E-state index is 12.5. The summed E-state index contributed by atoms with van der Waals surface area (Å²) in [6.45, 7) is 5.63. The minimum absolute atomic E-state index is 0.187. The van der Waals surface area contributed by atoms with E-state index in [-0.39, 0.29) is 5.91 Å². The van der Waals surface area contributed by atoms with Gasteiger partial charge in [0.15, 0.2) is 0 Å². The van der Waals surface area contributed by atoms with E-state index in [0.29, 0.717) is 11.8 Å². The van der Waals surface area contributed by atoms with E-state index >= 15 is 0 Å². The van der Waals surface area contributed by atoms with Crippen LogP contribution >= 0.6 is 11.8 Å². The first kappa shape index (κ1) is 16.9. The zero-order valence-corrected chi connectivity index (χ0v) is 15.2. The molecule has 128 valence electrons. The van der Waals surface area contributed by atoms with Crippen LogP contribution in [0.5, 0.6) is 5.75 Å². The molecule has 0 radical (unpaired) electrons. The third-order valence-corrected chi connectivity index (χ3v) is 5.29. The molecule has 0 N–H and O–H groups in total. The van der Waals surface area contributed by atoms with Gasteiger partial charge in [0.05, 0.1) is 24.6 Å². The fourth-order valence-corrected chi connectivity index (χ4v) is 3.96. The van der Waals surface area contributed by atoms with Crippen molar-refractivity contribution < 1.29 is 9.53 Å². The highest BCUT2D eigenvalue weighted by Crippen LogP contribution is 2.26. The van der Waals surface area contributed by atoms with Gasteiger partial charge in [0, 0.05) is 23.7 Å². The van der Waals surface area contributed by atoms with Gasteiger partial charge in [-0.25, -0.2) is 0 Å². The minimum atomic E-state index is 0.187. The number of aryl methyl sites for hydroxylation is 2. The zero-order valence-electron chi connectivity index (χ0n) is 14.4. The maximum atomic E-state index is 12.5. The molecule has 3 rings (SSSR count). The Kier molecular flexibility index (Phi) is 5.14. The number of carbonyl (C=O) groups excluding carboxylic acids is 1. The van der Waals surface area contributed by atoms with Crippen LogP contribution in [0.15, 0.2) is 35.2 Å². The first-order chi connectivity index (χ1) is 11.6. The first-order valence-corrected chi connectivity index (χ1v) is 9.13. The molecule has 5 nitrogen and oxygen atoms in total. The van der Waals surface area contributed by atoms with Crippen LogP contribution in [0.4, 0.5) is 0 Å². The molecule has 0 aliphatic carbocycles. The number of hydrogen-bond donors (Lipinski definition) is 0. The quantitative estimate of drug-likeness (QED) is 0.782. The number of nitrogens with zero attached hydrogens (tertiary/aromatic N) is 3. The third-order valence-electron chi connectivity index (χ3n) is 4.31. The van der Waals surface area contributed by atoms with E-state index in [1.807, 2.05) is 36.1 Å². The molecule has 1 aliphatic heterocycles. The molecule has 0 bridgehead atoms. The van der Waals surface area contributed by atoms with Crippen molar-refractivity contribution in [3.05, 3.63) is 41.7 Å². The highest BCUT2D eigenvalue weighted by atomic mass is 32.2. The van der Waals surface area contributed by atoms with Crippen molar-refractivity contribution in [1.29, 1.82) is 0 Å². The summed E-state index contributed by atoms with van der Waals surface area (Å²) >= 11 is 1.56. The Morgan fingerprint density at radius 3 is 2.92 bits per heavy atom. The predicted octanol–water partition coefficient (Wildman–Crippen LogP) is 3.07. The van der Waals surface area contributed by atoms with Gasteiger partial charge in [-0.2, -0.15) is 5.10 Å². The molecule has 1 fully saturated rings. The Labute approximate surface area is 147 Å². The van der Waals surface area contributed by atoms with E-state index in [2.05, 4.69) is 22.8 Å². The van der Waals surface area contributed by atoms with Gasteiger partial charge in [-0.3, -0.25) is 9.48 Å².